The Balaban J connectivity index is 1.74. The van der Waals surface area contributed by atoms with Crippen molar-refractivity contribution in [3.05, 3.63) is 23.3 Å². The van der Waals surface area contributed by atoms with Gasteiger partial charge in [0, 0.05) is 5.41 Å². The summed E-state index contributed by atoms with van der Waals surface area (Å²) in [5.74, 6) is 0.380. The van der Waals surface area contributed by atoms with Crippen molar-refractivity contribution in [3.8, 4) is 0 Å². The van der Waals surface area contributed by atoms with Crippen LogP contribution in [0.3, 0.4) is 0 Å². The maximum atomic E-state index is 14.2. The summed E-state index contributed by atoms with van der Waals surface area (Å²) in [7, 11) is 0. The van der Waals surface area contributed by atoms with Crippen molar-refractivity contribution < 1.29 is 19.7 Å². The molecule has 0 saturated heterocycles. The molecule has 3 fully saturated rings. The van der Waals surface area contributed by atoms with Crippen LogP contribution in [-0.4, -0.2) is 39.8 Å². The maximum absolute atomic E-state index is 14.2. The molecule has 3 N–H and O–H groups in total. The van der Waals surface area contributed by atoms with Gasteiger partial charge in [-0.2, -0.15) is 0 Å². The molecule has 3 saturated carbocycles. The van der Waals surface area contributed by atoms with E-state index in [-0.39, 0.29) is 16.7 Å². The third kappa shape index (κ3) is 1.98. The molecule has 0 heterocycles. The first-order chi connectivity index (χ1) is 10.8. The van der Waals surface area contributed by atoms with E-state index in [1.807, 2.05) is 6.92 Å². The summed E-state index contributed by atoms with van der Waals surface area (Å²) in [6, 6.07) is 0. The molecule has 0 amide bonds. The molecule has 0 spiro atoms. The lowest BCUT2D eigenvalue weighted by atomic mass is 9.51. The van der Waals surface area contributed by atoms with E-state index in [0.29, 0.717) is 25.2 Å². The zero-order chi connectivity index (χ0) is 16.6. The average molecular weight is 322 g/mol. The molecular formula is C19H27FO3. The molecule has 4 rings (SSSR count). The minimum absolute atomic E-state index is 0.0878. The van der Waals surface area contributed by atoms with Gasteiger partial charge in [-0.15, -0.1) is 0 Å². The third-order valence-electron chi connectivity index (χ3n) is 7.54. The van der Waals surface area contributed by atoms with E-state index in [1.165, 1.54) is 11.1 Å². The van der Waals surface area contributed by atoms with Crippen LogP contribution in [0.25, 0.3) is 0 Å². The van der Waals surface area contributed by atoms with Gasteiger partial charge in [0.15, 0.2) is 0 Å². The summed E-state index contributed by atoms with van der Waals surface area (Å²) in [5, 5.41) is 30.5. The van der Waals surface area contributed by atoms with E-state index < -0.39 is 24.5 Å². The van der Waals surface area contributed by atoms with Gasteiger partial charge < -0.3 is 15.3 Å². The Morgan fingerprint density at radius 1 is 1.09 bits per heavy atom. The van der Waals surface area contributed by atoms with Gasteiger partial charge in [0.2, 0.25) is 0 Å². The second-order valence-electron chi connectivity index (χ2n) is 8.67. The molecule has 8 atom stereocenters. The number of aliphatic hydroxyl groups is 3. The number of alkyl halides is 1. The summed E-state index contributed by atoms with van der Waals surface area (Å²) in [5.41, 5.74) is 1.95. The zero-order valence-electron chi connectivity index (χ0n) is 13.9. The van der Waals surface area contributed by atoms with Crippen LogP contribution in [0.1, 0.15) is 46.0 Å². The fourth-order valence-electron chi connectivity index (χ4n) is 5.98. The lowest BCUT2D eigenvalue weighted by Crippen LogP contribution is -2.50. The zero-order valence-corrected chi connectivity index (χ0v) is 13.9. The fourth-order valence-corrected chi connectivity index (χ4v) is 5.98. The Morgan fingerprint density at radius 2 is 1.83 bits per heavy atom. The first-order valence-corrected chi connectivity index (χ1v) is 8.87. The number of fused-ring (bicyclic) bond motifs is 5. The molecule has 0 aromatic carbocycles. The Bertz CT molecular complexity index is 585. The van der Waals surface area contributed by atoms with E-state index in [0.717, 1.165) is 12.8 Å². The van der Waals surface area contributed by atoms with Crippen molar-refractivity contribution in [2.24, 2.45) is 22.7 Å². The number of halogens is 1. The highest BCUT2D eigenvalue weighted by Crippen LogP contribution is 2.63. The van der Waals surface area contributed by atoms with E-state index in [9.17, 15) is 19.7 Å². The van der Waals surface area contributed by atoms with Crippen LogP contribution in [0, 0.1) is 22.7 Å². The highest BCUT2D eigenvalue weighted by atomic mass is 19.1. The molecule has 4 aliphatic carbocycles. The van der Waals surface area contributed by atoms with E-state index in [2.05, 4.69) is 19.1 Å². The first-order valence-electron chi connectivity index (χ1n) is 8.87. The predicted octanol–water partition coefficient (Wildman–Crippen LogP) is 2.51. The molecule has 23 heavy (non-hydrogen) atoms. The average Bonchev–Trinajstić information content (AvgIpc) is 2.73. The minimum atomic E-state index is -1.14. The van der Waals surface area contributed by atoms with E-state index in [4.69, 9.17) is 0 Å². The van der Waals surface area contributed by atoms with Crippen LogP contribution in [0.15, 0.2) is 23.3 Å². The normalized spacial score (nSPS) is 55.4. The summed E-state index contributed by atoms with van der Waals surface area (Å²) in [6.07, 6.45) is 4.07. The number of aliphatic hydroxyl groups excluding tert-OH is 3. The number of rotatable bonds is 0. The van der Waals surface area contributed by atoms with Gasteiger partial charge in [-0.3, -0.25) is 0 Å². The van der Waals surface area contributed by atoms with E-state index >= 15 is 0 Å². The molecule has 0 aliphatic heterocycles. The van der Waals surface area contributed by atoms with Crippen LogP contribution in [-0.2, 0) is 0 Å². The largest absolute Gasteiger partial charge is 0.390 e. The molecule has 0 aromatic heterocycles. The van der Waals surface area contributed by atoms with Crippen LogP contribution >= 0.6 is 0 Å². The first kappa shape index (κ1) is 15.8. The number of hydrogen-bond donors (Lipinski definition) is 3. The second kappa shape index (κ2) is 4.90. The Morgan fingerprint density at radius 3 is 2.57 bits per heavy atom. The lowest BCUT2D eigenvalue weighted by molar-refractivity contribution is -0.0517. The smallest absolute Gasteiger partial charge is 0.127 e. The second-order valence-corrected chi connectivity index (χ2v) is 8.67. The van der Waals surface area contributed by atoms with Crippen molar-refractivity contribution in [3.63, 3.8) is 0 Å². The van der Waals surface area contributed by atoms with Crippen molar-refractivity contribution in [2.45, 2.75) is 70.4 Å². The molecular weight excluding hydrogens is 295 g/mol. The van der Waals surface area contributed by atoms with Gasteiger partial charge >= 0.3 is 0 Å². The van der Waals surface area contributed by atoms with Crippen molar-refractivity contribution >= 4 is 0 Å². The summed E-state index contributed by atoms with van der Waals surface area (Å²) in [4.78, 5) is 0. The number of hydrogen-bond acceptors (Lipinski definition) is 3. The van der Waals surface area contributed by atoms with Crippen LogP contribution in [0.4, 0.5) is 4.39 Å². The molecule has 4 unspecified atom stereocenters. The highest BCUT2D eigenvalue weighted by molar-refractivity contribution is 5.39. The molecule has 3 nitrogen and oxygen atoms in total. The van der Waals surface area contributed by atoms with Crippen molar-refractivity contribution in [1.29, 1.82) is 0 Å². The minimum Gasteiger partial charge on any atom is -0.390 e. The van der Waals surface area contributed by atoms with Gasteiger partial charge in [0.1, 0.15) is 6.17 Å². The van der Waals surface area contributed by atoms with Gasteiger partial charge in [0.05, 0.1) is 18.3 Å². The van der Waals surface area contributed by atoms with Gasteiger partial charge in [-0.05, 0) is 49.4 Å². The molecule has 4 aliphatic rings. The molecule has 0 radical (unpaired) electrons. The fraction of sp³-hybridized carbons (Fsp3) is 0.789. The lowest BCUT2D eigenvalue weighted by Gasteiger charge is -2.54. The van der Waals surface area contributed by atoms with Crippen LogP contribution in [0.2, 0.25) is 0 Å². The maximum Gasteiger partial charge on any atom is 0.127 e. The van der Waals surface area contributed by atoms with Gasteiger partial charge in [-0.1, -0.05) is 37.1 Å². The quantitative estimate of drug-likeness (QED) is 0.642. The van der Waals surface area contributed by atoms with Crippen molar-refractivity contribution in [1.82, 2.24) is 0 Å². The third-order valence-corrected chi connectivity index (χ3v) is 7.54. The molecule has 0 bridgehead atoms. The van der Waals surface area contributed by atoms with Crippen molar-refractivity contribution in [2.75, 3.05) is 0 Å². The topological polar surface area (TPSA) is 60.7 Å². The molecule has 4 heteroatoms. The summed E-state index contributed by atoms with van der Waals surface area (Å²) in [6.45, 7) is 4.21. The SMILES string of the molecule is C[C@]12CC(O)C(O)CC1=CC=C1[C@H]2CC[C@]2(C)C(O)C(F)C[C@@H]12. The standard InChI is InChI=1S/C19H27FO3/c1-18-6-5-12-11(13(18)8-14(20)17(18)23)4-3-10-7-15(21)16(22)9-19(10,12)2/h3-4,12-17,21-23H,5-9H2,1-2H3/t12-,13+,14?,15?,16?,17?,18+,19+/m1/s1. The Hall–Kier alpha value is -0.710. The van der Waals surface area contributed by atoms with Gasteiger partial charge in [0.25, 0.3) is 0 Å². The van der Waals surface area contributed by atoms with Gasteiger partial charge in [-0.25, -0.2) is 4.39 Å². The summed E-state index contributed by atoms with van der Waals surface area (Å²) < 4.78 is 14.2. The van der Waals surface area contributed by atoms with Crippen LogP contribution in [0.5, 0.6) is 0 Å². The Kier molecular flexibility index (Phi) is 3.37. The Labute approximate surface area is 136 Å². The highest BCUT2D eigenvalue weighted by Gasteiger charge is 2.59. The monoisotopic (exact) mass is 322 g/mol. The summed E-state index contributed by atoms with van der Waals surface area (Å²) >= 11 is 0. The van der Waals surface area contributed by atoms with E-state index in [1.54, 1.807) is 0 Å². The predicted molar refractivity (Wildman–Crippen MR) is 85.4 cm³/mol. The molecule has 128 valence electrons. The number of allylic oxidation sites excluding steroid dienone is 3. The van der Waals surface area contributed by atoms with Crippen LogP contribution < -0.4 is 0 Å². The molecule has 0 aromatic rings.